The number of Topliss-reactive ketones (excluding diaryl/α,β-unsaturated/α-hetero) is 1. The molecule has 1 amide bonds. The smallest absolute Gasteiger partial charge is 0.267 e. The summed E-state index contributed by atoms with van der Waals surface area (Å²) in [6.07, 6.45) is 7.03. The Morgan fingerprint density at radius 2 is 1.79 bits per heavy atom. The van der Waals surface area contributed by atoms with Crippen LogP contribution in [0.25, 0.3) is 0 Å². The number of rotatable bonds is 6. The summed E-state index contributed by atoms with van der Waals surface area (Å²) >= 11 is 0. The quantitative estimate of drug-likeness (QED) is 0.277. The molecule has 2 rings (SSSR count). The molecule has 0 spiro atoms. The molecule has 0 unspecified atom stereocenters. The summed E-state index contributed by atoms with van der Waals surface area (Å²) in [5, 5.41) is 8.44. The second-order valence-corrected chi connectivity index (χ2v) is 6.11. The molecular weight excluding hydrogens is 304 g/mol. The Kier molecular flexibility index (Phi) is 6.32. The highest BCUT2D eigenvalue weighted by atomic mass is 16.5. The molecule has 1 aromatic rings. The monoisotopic (exact) mass is 328 g/mol. The maximum Gasteiger partial charge on any atom is 0.267 e. The van der Waals surface area contributed by atoms with Crippen LogP contribution in [-0.2, 0) is 4.79 Å². The van der Waals surface area contributed by atoms with Crippen molar-refractivity contribution in [2.75, 3.05) is 18.0 Å². The van der Waals surface area contributed by atoms with E-state index in [2.05, 4.69) is 4.90 Å². The Morgan fingerprint density at radius 3 is 2.38 bits per heavy atom. The van der Waals surface area contributed by atoms with E-state index in [1.165, 1.54) is 30.1 Å². The fourth-order valence-electron chi connectivity index (χ4n) is 2.84. The highest BCUT2D eigenvalue weighted by molar-refractivity contribution is 5.99. The molecule has 0 aliphatic carbocycles. The van der Waals surface area contributed by atoms with Gasteiger partial charge in [0.1, 0.15) is 0 Å². The number of hydroxylamine groups is 1. The molecule has 128 valence electrons. The van der Waals surface area contributed by atoms with Crippen LogP contribution in [-0.4, -0.2) is 30.0 Å². The van der Waals surface area contributed by atoms with Crippen LogP contribution in [0.1, 0.15) is 37.0 Å². The van der Waals surface area contributed by atoms with Gasteiger partial charge in [-0.15, -0.1) is 0 Å². The first-order chi connectivity index (χ1) is 11.5. The van der Waals surface area contributed by atoms with E-state index >= 15 is 0 Å². The standard InChI is InChI=1S/C19H24N2O3/c1-14(5-10-18(22)20-24)13-15(2)19(23)16-6-8-17(9-7-16)21-11-3-4-12-21/h5-10,13,15,24H,3-4,11-12H2,1-2H3,(H,20,22)/t15-/m1/s1. The van der Waals surface area contributed by atoms with Crippen molar-refractivity contribution in [2.24, 2.45) is 5.92 Å². The van der Waals surface area contributed by atoms with Gasteiger partial charge in [0.15, 0.2) is 5.78 Å². The number of benzene rings is 1. The van der Waals surface area contributed by atoms with Gasteiger partial charge in [-0.05, 0) is 44.0 Å². The third kappa shape index (κ3) is 4.80. The second kappa shape index (κ2) is 8.45. The van der Waals surface area contributed by atoms with E-state index in [-0.39, 0.29) is 11.7 Å². The van der Waals surface area contributed by atoms with Gasteiger partial charge in [-0.25, -0.2) is 5.48 Å². The molecular formula is C19H24N2O3. The van der Waals surface area contributed by atoms with E-state index in [0.29, 0.717) is 5.56 Å². The van der Waals surface area contributed by atoms with Crippen molar-refractivity contribution >= 4 is 17.4 Å². The molecule has 24 heavy (non-hydrogen) atoms. The highest BCUT2D eigenvalue weighted by Gasteiger charge is 2.15. The van der Waals surface area contributed by atoms with Crippen LogP contribution in [0.4, 0.5) is 5.69 Å². The van der Waals surface area contributed by atoms with Gasteiger partial charge in [0.2, 0.25) is 0 Å². The predicted molar refractivity (Wildman–Crippen MR) is 94.2 cm³/mol. The molecule has 0 aromatic heterocycles. The topological polar surface area (TPSA) is 69.6 Å². The van der Waals surface area contributed by atoms with Gasteiger partial charge in [0.05, 0.1) is 0 Å². The van der Waals surface area contributed by atoms with E-state index in [1.807, 2.05) is 31.2 Å². The number of amides is 1. The Morgan fingerprint density at radius 1 is 1.17 bits per heavy atom. The van der Waals surface area contributed by atoms with Gasteiger partial charge in [-0.1, -0.05) is 24.6 Å². The second-order valence-electron chi connectivity index (χ2n) is 6.11. The maximum atomic E-state index is 12.5. The van der Waals surface area contributed by atoms with Crippen molar-refractivity contribution in [1.82, 2.24) is 5.48 Å². The van der Waals surface area contributed by atoms with Crippen LogP contribution in [0, 0.1) is 5.92 Å². The molecule has 5 heteroatoms. The average molecular weight is 328 g/mol. The third-order valence-electron chi connectivity index (χ3n) is 4.16. The first kappa shape index (κ1) is 17.9. The van der Waals surface area contributed by atoms with E-state index in [9.17, 15) is 9.59 Å². The molecule has 1 fully saturated rings. The molecule has 2 N–H and O–H groups in total. The minimum absolute atomic E-state index is 0.0438. The number of hydrogen-bond acceptors (Lipinski definition) is 4. The zero-order valence-corrected chi connectivity index (χ0v) is 14.2. The van der Waals surface area contributed by atoms with Crippen molar-refractivity contribution in [3.05, 3.63) is 53.6 Å². The zero-order valence-electron chi connectivity index (χ0n) is 14.2. The Labute approximate surface area is 142 Å². The van der Waals surface area contributed by atoms with E-state index in [1.54, 1.807) is 19.1 Å². The lowest BCUT2D eigenvalue weighted by Crippen LogP contribution is -2.17. The SMILES string of the molecule is CC(C=CC(=O)NO)=C[C@@H](C)C(=O)c1ccc(N2CCCC2)cc1. The number of carbonyl (C=O) groups excluding carboxylic acids is 2. The predicted octanol–water partition coefficient (Wildman–Crippen LogP) is 3.11. The van der Waals surface area contributed by atoms with Crippen LogP contribution in [0.2, 0.25) is 0 Å². The lowest BCUT2D eigenvalue weighted by atomic mass is 9.97. The largest absolute Gasteiger partial charge is 0.372 e. The highest BCUT2D eigenvalue weighted by Crippen LogP contribution is 2.22. The number of nitrogens with one attached hydrogen (secondary N) is 1. The third-order valence-corrected chi connectivity index (χ3v) is 4.16. The van der Waals surface area contributed by atoms with Crippen molar-refractivity contribution in [3.8, 4) is 0 Å². The van der Waals surface area contributed by atoms with Gasteiger partial charge < -0.3 is 4.90 Å². The molecule has 1 aromatic carbocycles. The van der Waals surface area contributed by atoms with Crippen LogP contribution < -0.4 is 10.4 Å². The number of allylic oxidation sites excluding steroid dienone is 3. The van der Waals surface area contributed by atoms with E-state index < -0.39 is 5.91 Å². The first-order valence-corrected chi connectivity index (χ1v) is 8.21. The van der Waals surface area contributed by atoms with Crippen LogP contribution in [0.5, 0.6) is 0 Å². The first-order valence-electron chi connectivity index (χ1n) is 8.21. The number of hydrogen-bond donors (Lipinski definition) is 2. The summed E-state index contributed by atoms with van der Waals surface area (Å²) < 4.78 is 0. The summed E-state index contributed by atoms with van der Waals surface area (Å²) in [6.45, 7) is 5.81. The normalized spacial score (nSPS) is 16.5. The molecule has 5 nitrogen and oxygen atoms in total. The number of anilines is 1. The Balaban J connectivity index is 2.01. The molecule has 1 heterocycles. The van der Waals surface area contributed by atoms with Gasteiger partial charge >= 0.3 is 0 Å². The number of nitrogens with zero attached hydrogens (tertiary/aromatic N) is 1. The number of carbonyl (C=O) groups is 2. The van der Waals surface area contributed by atoms with Crippen molar-refractivity contribution < 1.29 is 14.8 Å². The Bertz CT molecular complexity index is 641. The van der Waals surface area contributed by atoms with Gasteiger partial charge in [-0.3, -0.25) is 14.8 Å². The molecule has 0 radical (unpaired) electrons. The summed E-state index contributed by atoms with van der Waals surface area (Å²) in [6, 6.07) is 7.77. The van der Waals surface area contributed by atoms with Gasteiger partial charge in [0, 0.05) is 36.3 Å². The fourth-order valence-corrected chi connectivity index (χ4v) is 2.84. The summed E-state index contributed by atoms with van der Waals surface area (Å²) in [7, 11) is 0. The van der Waals surface area contributed by atoms with Crippen molar-refractivity contribution in [3.63, 3.8) is 0 Å². The Hall–Kier alpha value is -2.40. The zero-order chi connectivity index (χ0) is 17.5. The number of ketones is 1. The molecule has 1 aliphatic rings. The molecule has 1 saturated heterocycles. The van der Waals surface area contributed by atoms with Gasteiger partial charge in [-0.2, -0.15) is 0 Å². The fraction of sp³-hybridized carbons (Fsp3) is 0.368. The molecule has 0 bridgehead atoms. The van der Waals surface area contributed by atoms with E-state index in [4.69, 9.17) is 5.21 Å². The molecule has 0 saturated carbocycles. The summed E-state index contributed by atoms with van der Waals surface area (Å²) in [4.78, 5) is 25.8. The van der Waals surface area contributed by atoms with Crippen molar-refractivity contribution in [2.45, 2.75) is 26.7 Å². The lowest BCUT2D eigenvalue weighted by Gasteiger charge is -2.17. The van der Waals surface area contributed by atoms with Gasteiger partial charge in [0.25, 0.3) is 5.91 Å². The van der Waals surface area contributed by atoms with Crippen LogP contribution in [0.3, 0.4) is 0 Å². The maximum absolute atomic E-state index is 12.5. The lowest BCUT2D eigenvalue weighted by molar-refractivity contribution is -0.124. The summed E-state index contributed by atoms with van der Waals surface area (Å²) in [5.74, 6) is -0.842. The van der Waals surface area contributed by atoms with Crippen LogP contribution in [0.15, 0.2) is 48.1 Å². The summed E-state index contributed by atoms with van der Waals surface area (Å²) in [5.41, 5.74) is 4.17. The van der Waals surface area contributed by atoms with Crippen molar-refractivity contribution in [1.29, 1.82) is 0 Å². The minimum Gasteiger partial charge on any atom is -0.372 e. The molecule has 1 atom stereocenters. The average Bonchev–Trinajstić information content (AvgIpc) is 3.13. The molecule has 1 aliphatic heterocycles. The minimum atomic E-state index is -0.598. The van der Waals surface area contributed by atoms with Crippen LogP contribution >= 0.6 is 0 Å². The van der Waals surface area contributed by atoms with E-state index in [0.717, 1.165) is 18.7 Å².